The molecule has 0 spiro atoms. The molecule has 0 aliphatic carbocycles. The molecule has 0 fully saturated rings. The van der Waals surface area contributed by atoms with Crippen molar-refractivity contribution >= 4 is 27.9 Å². The average molecular weight is 263 g/mol. The van der Waals surface area contributed by atoms with Crippen LogP contribution in [-0.2, 0) is 7.05 Å². The van der Waals surface area contributed by atoms with Crippen molar-refractivity contribution in [3.8, 4) is 0 Å². The Labute approximate surface area is 120 Å². The molecule has 3 rings (SSSR count). The van der Waals surface area contributed by atoms with Gasteiger partial charge in [-0.1, -0.05) is 63.3 Å². The molecule has 0 atom stereocenters. The fourth-order valence-corrected chi connectivity index (χ4v) is 2.63. The maximum Gasteiger partial charge on any atom is 0.0494 e. The summed E-state index contributed by atoms with van der Waals surface area (Å²) in [6.45, 7) is 6.66. The molecule has 0 bridgehead atoms. The van der Waals surface area contributed by atoms with E-state index in [0.717, 1.165) is 0 Å². The van der Waals surface area contributed by atoms with Crippen molar-refractivity contribution in [2.75, 3.05) is 0 Å². The molecule has 0 radical (unpaired) electrons. The van der Waals surface area contributed by atoms with Crippen LogP contribution in [0.2, 0.25) is 0 Å². The number of nitrogens with zero attached hydrogens (tertiary/aromatic N) is 1. The zero-order valence-electron chi connectivity index (χ0n) is 12.6. The van der Waals surface area contributed by atoms with Gasteiger partial charge in [0, 0.05) is 28.9 Å². The van der Waals surface area contributed by atoms with Crippen LogP contribution in [0.1, 0.15) is 26.3 Å². The van der Waals surface area contributed by atoms with Crippen LogP contribution < -0.4 is 0 Å². The van der Waals surface area contributed by atoms with Gasteiger partial charge >= 0.3 is 0 Å². The molecule has 0 aliphatic heterocycles. The summed E-state index contributed by atoms with van der Waals surface area (Å²) >= 11 is 0. The topological polar surface area (TPSA) is 4.93 Å². The fraction of sp³-hybridized carbons (Fsp3) is 0.263. The third kappa shape index (κ3) is 2.24. The quantitative estimate of drug-likeness (QED) is 0.554. The van der Waals surface area contributed by atoms with Crippen molar-refractivity contribution in [2.45, 2.75) is 20.8 Å². The molecule has 0 N–H and O–H groups in total. The number of para-hydroxylation sites is 1. The number of allylic oxidation sites excluding steroid dienone is 1. The summed E-state index contributed by atoms with van der Waals surface area (Å²) in [5.74, 6) is 0. The van der Waals surface area contributed by atoms with E-state index in [1.807, 2.05) is 0 Å². The molecule has 20 heavy (non-hydrogen) atoms. The number of fused-ring (bicyclic) bond motifs is 3. The fourth-order valence-electron chi connectivity index (χ4n) is 2.63. The van der Waals surface area contributed by atoms with Crippen LogP contribution in [0.4, 0.5) is 0 Å². The van der Waals surface area contributed by atoms with Gasteiger partial charge in [-0.2, -0.15) is 0 Å². The predicted octanol–water partition coefficient (Wildman–Crippen LogP) is 5.39. The summed E-state index contributed by atoms with van der Waals surface area (Å²) in [6.07, 6.45) is 4.48. The molecule has 3 aromatic rings. The summed E-state index contributed by atoms with van der Waals surface area (Å²) in [5, 5.41) is 2.66. The first kappa shape index (κ1) is 13.0. The number of hydrogen-bond acceptors (Lipinski definition) is 0. The zero-order valence-corrected chi connectivity index (χ0v) is 12.6. The second-order valence-corrected chi connectivity index (χ2v) is 6.55. The molecule has 2 aromatic carbocycles. The molecular weight excluding hydrogens is 242 g/mol. The van der Waals surface area contributed by atoms with Crippen molar-refractivity contribution in [1.29, 1.82) is 0 Å². The maximum atomic E-state index is 2.28. The van der Waals surface area contributed by atoms with E-state index in [2.05, 4.69) is 87.0 Å². The smallest absolute Gasteiger partial charge is 0.0494 e. The highest BCUT2D eigenvalue weighted by Gasteiger charge is 2.08. The average Bonchev–Trinajstić information content (AvgIpc) is 2.70. The van der Waals surface area contributed by atoms with Gasteiger partial charge in [-0.25, -0.2) is 0 Å². The Morgan fingerprint density at radius 1 is 0.900 bits per heavy atom. The van der Waals surface area contributed by atoms with Gasteiger partial charge in [0.05, 0.1) is 0 Å². The van der Waals surface area contributed by atoms with Crippen LogP contribution in [0, 0.1) is 5.41 Å². The van der Waals surface area contributed by atoms with E-state index < -0.39 is 0 Å². The lowest BCUT2D eigenvalue weighted by Crippen LogP contribution is -1.97. The van der Waals surface area contributed by atoms with Gasteiger partial charge in [-0.3, -0.25) is 0 Å². The van der Waals surface area contributed by atoms with Crippen molar-refractivity contribution < 1.29 is 0 Å². The Kier molecular flexibility index (Phi) is 2.93. The Balaban J connectivity index is 2.19. The van der Waals surface area contributed by atoms with Crippen LogP contribution in [0.3, 0.4) is 0 Å². The van der Waals surface area contributed by atoms with E-state index in [4.69, 9.17) is 0 Å². The number of benzene rings is 2. The van der Waals surface area contributed by atoms with E-state index in [9.17, 15) is 0 Å². The highest BCUT2D eigenvalue weighted by Crippen LogP contribution is 2.29. The zero-order chi connectivity index (χ0) is 14.3. The van der Waals surface area contributed by atoms with Crippen LogP contribution in [0.5, 0.6) is 0 Å². The summed E-state index contributed by atoms with van der Waals surface area (Å²) in [5.41, 5.74) is 4.06. The van der Waals surface area contributed by atoms with E-state index in [1.165, 1.54) is 27.4 Å². The molecule has 1 aromatic heterocycles. The standard InChI is InChI=1S/C19H21N/c1-19(2,3)12-11-14-9-10-16-15-7-5-6-8-17(15)20(4)18(16)13-14/h5-13H,1-4H3/b12-11+. The van der Waals surface area contributed by atoms with E-state index >= 15 is 0 Å². The van der Waals surface area contributed by atoms with E-state index in [0.29, 0.717) is 0 Å². The molecule has 0 aliphatic rings. The van der Waals surface area contributed by atoms with Crippen molar-refractivity contribution in [1.82, 2.24) is 4.57 Å². The Hall–Kier alpha value is -2.02. The maximum absolute atomic E-state index is 2.28. The van der Waals surface area contributed by atoms with Gasteiger partial charge in [0.2, 0.25) is 0 Å². The minimum atomic E-state index is 0.216. The number of aromatic nitrogens is 1. The lowest BCUT2D eigenvalue weighted by molar-refractivity contribution is 0.547. The normalized spacial score (nSPS) is 12.8. The van der Waals surface area contributed by atoms with Gasteiger partial charge in [0.15, 0.2) is 0 Å². The highest BCUT2D eigenvalue weighted by molar-refractivity contribution is 6.08. The lowest BCUT2D eigenvalue weighted by Gasteiger charge is -2.11. The summed E-state index contributed by atoms with van der Waals surface area (Å²) in [7, 11) is 2.14. The predicted molar refractivity (Wildman–Crippen MR) is 88.9 cm³/mol. The van der Waals surface area contributed by atoms with Crippen molar-refractivity contribution in [3.05, 3.63) is 54.1 Å². The molecule has 1 nitrogen and oxygen atoms in total. The number of aryl methyl sites for hydroxylation is 1. The van der Waals surface area contributed by atoms with Crippen LogP contribution in [0.25, 0.3) is 27.9 Å². The molecule has 0 saturated carbocycles. The van der Waals surface area contributed by atoms with E-state index in [1.54, 1.807) is 0 Å². The summed E-state index contributed by atoms with van der Waals surface area (Å²) < 4.78 is 2.28. The Morgan fingerprint density at radius 2 is 1.60 bits per heavy atom. The Morgan fingerprint density at radius 3 is 2.35 bits per heavy atom. The number of rotatable bonds is 1. The summed E-state index contributed by atoms with van der Waals surface area (Å²) in [6, 6.07) is 15.3. The van der Waals surface area contributed by atoms with Crippen molar-refractivity contribution in [3.63, 3.8) is 0 Å². The van der Waals surface area contributed by atoms with Gasteiger partial charge in [-0.15, -0.1) is 0 Å². The largest absolute Gasteiger partial charge is 0.344 e. The monoisotopic (exact) mass is 263 g/mol. The van der Waals surface area contributed by atoms with Gasteiger partial charge < -0.3 is 4.57 Å². The van der Waals surface area contributed by atoms with Gasteiger partial charge in [0.1, 0.15) is 0 Å². The molecule has 0 unspecified atom stereocenters. The minimum Gasteiger partial charge on any atom is -0.344 e. The Bertz CT molecular complexity index is 798. The third-order valence-electron chi connectivity index (χ3n) is 3.71. The number of hydrogen-bond donors (Lipinski definition) is 0. The molecule has 0 amide bonds. The van der Waals surface area contributed by atoms with Crippen molar-refractivity contribution in [2.24, 2.45) is 12.5 Å². The molecule has 1 heterocycles. The summed E-state index contributed by atoms with van der Waals surface area (Å²) in [4.78, 5) is 0. The van der Waals surface area contributed by atoms with Crippen LogP contribution >= 0.6 is 0 Å². The van der Waals surface area contributed by atoms with Crippen LogP contribution in [0.15, 0.2) is 48.5 Å². The van der Waals surface area contributed by atoms with Gasteiger partial charge in [-0.05, 0) is 23.1 Å². The third-order valence-corrected chi connectivity index (χ3v) is 3.71. The molecule has 0 saturated heterocycles. The SMILES string of the molecule is Cn1c2ccccc2c2ccc(/C=C/C(C)(C)C)cc21. The first-order valence-corrected chi connectivity index (χ1v) is 7.12. The lowest BCUT2D eigenvalue weighted by atomic mass is 9.95. The second kappa shape index (κ2) is 4.52. The minimum absolute atomic E-state index is 0.216. The molecular formula is C19H21N. The molecule has 1 heteroatoms. The first-order chi connectivity index (χ1) is 9.46. The van der Waals surface area contributed by atoms with Gasteiger partial charge in [0.25, 0.3) is 0 Å². The molecule has 102 valence electrons. The van der Waals surface area contributed by atoms with E-state index in [-0.39, 0.29) is 5.41 Å². The van der Waals surface area contributed by atoms with Crippen LogP contribution in [-0.4, -0.2) is 4.57 Å². The second-order valence-electron chi connectivity index (χ2n) is 6.55. The highest BCUT2D eigenvalue weighted by atomic mass is 14.9. The first-order valence-electron chi connectivity index (χ1n) is 7.12.